The minimum absolute atomic E-state index is 0.528. The highest BCUT2D eigenvalue weighted by Crippen LogP contribution is 1.89. The fourth-order valence-electron chi connectivity index (χ4n) is 0.279. The van der Waals surface area contributed by atoms with Crippen molar-refractivity contribution in [1.82, 2.24) is 0 Å². The van der Waals surface area contributed by atoms with Crippen molar-refractivity contribution < 1.29 is 13.9 Å². The third-order valence-electron chi connectivity index (χ3n) is 0.699. The number of halogens is 1. The van der Waals surface area contributed by atoms with Gasteiger partial charge in [0.25, 0.3) is 0 Å². The number of ether oxygens (including phenoxy) is 1. The van der Waals surface area contributed by atoms with E-state index in [0.717, 1.165) is 12.2 Å². The van der Waals surface area contributed by atoms with E-state index in [0.29, 0.717) is 0 Å². The predicted octanol–water partition coefficient (Wildman–Crippen LogP) is 1.07. The first kappa shape index (κ1) is 8.14. The minimum atomic E-state index is -1.09. The molecule has 0 saturated carbocycles. The number of hydrogen-bond acceptors (Lipinski definition) is 2. The molecule has 1 atom stereocenters. The largest absolute Gasteiger partial charge is 0.466 e. The molecule has 0 bridgehead atoms. The Hall–Kier alpha value is -0.860. The Morgan fingerprint density at radius 1 is 1.78 bits per heavy atom. The highest BCUT2D eigenvalue weighted by atomic mass is 19.1. The standard InChI is InChI=1S/C6H9FO2/c1-5(7)3-4-6(8)9-2/h3-5H,1-2H3. The van der Waals surface area contributed by atoms with Crippen molar-refractivity contribution >= 4 is 5.97 Å². The third-order valence-corrected chi connectivity index (χ3v) is 0.699. The van der Waals surface area contributed by atoms with Crippen LogP contribution in [-0.4, -0.2) is 19.3 Å². The minimum Gasteiger partial charge on any atom is -0.466 e. The number of hydrogen-bond donors (Lipinski definition) is 0. The van der Waals surface area contributed by atoms with Crippen LogP contribution in [-0.2, 0) is 9.53 Å². The van der Waals surface area contributed by atoms with E-state index in [9.17, 15) is 9.18 Å². The first-order valence-corrected chi connectivity index (χ1v) is 2.57. The van der Waals surface area contributed by atoms with E-state index in [2.05, 4.69) is 4.74 Å². The van der Waals surface area contributed by atoms with E-state index >= 15 is 0 Å². The topological polar surface area (TPSA) is 26.3 Å². The van der Waals surface area contributed by atoms with E-state index in [4.69, 9.17) is 0 Å². The Morgan fingerprint density at radius 3 is 2.67 bits per heavy atom. The first-order chi connectivity index (χ1) is 4.16. The summed E-state index contributed by atoms with van der Waals surface area (Å²) in [5.74, 6) is -0.528. The van der Waals surface area contributed by atoms with Gasteiger partial charge in [0.1, 0.15) is 6.17 Å². The lowest BCUT2D eigenvalue weighted by Gasteiger charge is -1.89. The van der Waals surface area contributed by atoms with Crippen LogP contribution in [0.25, 0.3) is 0 Å². The lowest BCUT2D eigenvalue weighted by Crippen LogP contribution is -1.95. The second kappa shape index (κ2) is 4.06. The van der Waals surface area contributed by atoms with Crippen LogP contribution in [0, 0.1) is 0 Å². The highest BCUT2D eigenvalue weighted by Gasteiger charge is 1.92. The van der Waals surface area contributed by atoms with Gasteiger partial charge in [0.15, 0.2) is 0 Å². The van der Waals surface area contributed by atoms with Crippen LogP contribution in [0.15, 0.2) is 12.2 Å². The fourth-order valence-corrected chi connectivity index (χ4v) is 0.279. The van der Waals surface area contributed by atoms with Gasteiger partial charge in [0, 0.05) is 6.08 Å². The Morgan fingerprint density at radius 2 is 2.33 bits per heavy atom. The number of alkyl halides is 1. The number of rotatable bonds is 2. The number of allylic oxidation sites excluding steroid dienone is 1. The molecule has 0 saturated heterocycles. The van der Waals surface area contributed by atoms with Crippen molar-refractivity contribution in [3.63, 3.8) is 0 Å². The summed E-state index contributed by atoms with van der Waals surface area (Å²) in [4.78, 5) is 10.2. The van der Waals surface area contributed by atoms with E-state index in [1.807, 2.05) is 0 Å². The van der Waals surface area contributed by atoms with Crippen molar-refractivity contribution in [2.75, 3.05) is 7.11 Å². The number of carbonyl (C=O) groups excluding carboxylic acids is 1. The van der Waals surface area contributed by atoms with Crippen LogP contribution in [0.5, 0.6) is 0 Å². The molecule has 9 heavy (non-hydrogen) atoms. The molecule has 0 rings (SSSR count). The molecular formula is C6H9FO2. The van der Waals surface area contributed by atoms with E-state index in [1.54, 1.807) is 0 Å². The predicted molar refractivity (Wildman–Crippen MR) is 31.7 cm³/mol. The lowest BCUT2D eigenvalue weighted by atomic mass is 10.4. The Balaban J connectivity index is 3.57. The molecule has 0 aromatic heterocycles. The maximum atomic E-state index is 11.9. The maximum absolute atomic E-state index is 11.9. The highest BCUT2D eigenvalue weighted by molar-refractivity contribution is 5.81. The van der Waals surface area contributed by atoms with Gasteiger partial charge in [-0.25, -0.2) is 9.18 Å². The van der Waals surface area contributed by atoms with Crippen LogP contribution in [0.2, 0.25) is 0 Å². The normalized spacial score (nSPS) is 13.7. The molecule has 0 heterocycles. The number of esters is 1. The molecule has 0 N–H and O–H groups in total. The van der Waals surface area contributed by atoms with Crippen molar-refractivity contribution in [3.8, 4) is 0 Å². The van der Waals surface area contributed by atoms with Gasteiger partial charge in [-0.3, -0.25) is 0 Å². The molecule has 0 aliphatic carbocycles. The van der Waals surface area contributed by atoms with Gasteiger partial charge in [-0.05, 0) is 13.0 Å². The molecule has 3 heteroatoms. The van der Waals surface area contributed by atoms with Crippen molar-refractivity contribution in [2.45, 2.75) is 13.1 Å². The summed E-state index contributed by atoms with van der Waals surface area (Å²) in [5.41, 5.74) is 0. The van der Waals surface area contributed by atoms with E-state index < -0.39 is 12.1 Å². The Bertz CT molecular complexity index is 118. The van der Waals surface area contributed by atoms with Gasteiger partial charge in [0.2, 0.25) is 0 Å². The molecule has 0 amide bonds. The van der Waals surface area contributed by atoms with Gasteiger partial charge < -0.3 is 4.74 Å². The zero-order valence-corrected chi connectivity index (χ0v) is 5.43. The first-order valence-electron chi connectivity index (χ1n) is 2.57. The quantitative estimate of drug-likeness (QED) is 0.415. The van der Waals surface area contributed by atoms with Crippen LogP contribution in [0.1, 0.15) is 6.92 Å². The summed E-state index contributed by atoms with van der Waals surface area (Å²) in [6, 6.07) is 0. The molecule has 52 valence electrons. The molecule has 0 radical (unpaired) electrons. The molecule has 0 aromatic carbocycles. The maximum Gasteiger partial charge on any atom is 0.330 e. The van der Waals surface area contributed by atoms with Gasteiger partial charge in [-0.1, -0.05) is 0 Å². The zero-order chi connectivity index (χ0) is 7.28. The van der Waals surface area contributed by atoms with Crippen LogP contribution >= 0.6 is 0 Å². The second-order valence-corrected chi connectivity index (χ2v) is 1.56. The van der Waals surface area contributed by atoms with Gasteiger partial charge in [-0.15, -0.1) is 0 Å². The number of methoxy groups -OCH3 is 1. The Kier molecular flexibility index (Phi) is 3.67. The van der Waals surface area contributed by atoms with E-state index in [-0.39, 0.29) is 0 Å². The SMILES string of the molecule is COC(=O)C=CC(C)F. The van der Waals surface area contributed by atoms with E-state index in [1.165, 1.54) is 14.0 Å². The van der Waals surface area contributed by atoms with Gasteiger partial charge in [-0.2, -0.15) is 0 Å². The summed E-state index contributed by atoms with van der Waals surface area (Å²) < 4.78 is 16.1. The zero-order valence-electron chi connectivity index (χ0n) is 5.43. The van der Waals surface area contributed by atoms with Gasteiger partial charge >= 0.3 is 5.97 Å². The molecule has 0 aliphatic rings. The molecule has 0 aliphatic heterocycles. The smallest absolute Gasteiger partial charge is 0.330 e. The molecule has 0 aromatic rings. The molecule has 0 spiro atoms. The third kappa shape index (κ3) is 5.00. The average Bonchev–Trinajstić information content (AvgIpc) is 1.83. The van der Waals surface area contributed by atoms with Gasteiger partial charge in [0.05, 0.1) is 7.11 Å². The monoisotopic (exact) mass is 132 g/mol. The van der Waals surface area contributed by atoms with Crippen LogP contribution in [0.3, 0.4) is 0 Å². The molecule has 0 fully saturated rings. The molecular weight excluding hydrogens is 123 g/mol. The van der Waals surface area contributed by atoms with Crippen LogP contribution < -0.4 is 0 Å². The summed E-state index contributed by atoms with van der Waals surface area (Å²) >= 11 is 0. The molecule has 2 nitrogen and oxygen atoms in total. The summed E-state index contributed by atoms with van der Waals surface area (Å²) in [6.45, 7) is 1.33. The summed E-state index contributed by atoms with van der Waals surface area (Å²) in [7, 11) is 1.25. The van der Waals surface area contributed by atoms with Crippen molar-refractivity contribution in [2.24, 2.45) is 0 Å². The average molecular weight is 132 g/mol. The molecule has 1 unspecified atom stereocenters. The fraction of sp³-hybridized carbons (Fsp3) is 0.500. The number of carbonyl (C=O) groups is 1. The Labute approximate surface area is 53.3 Å². The van der Waals surface area contributed by atoms with Crippen molar-refractivity contribution in [1.29, 1.82) is 0 Å². The van der Waals surface area contributed by atoms with Crippen LogP contribution in [0.4, 0.5) is 4.39 Å². The van der Waals surface area contributed by atoms with Crippen molar-refractivity contribution in [3.05, 3.63) is 12.2 Å². The summed E-state index contributed by atoms with van der Waals surface area (Å²) in [5, 5.41) is 0. The lowest BCUT2D eigenvalue weighted by molar-refractivity contribution is -0.134. The summed E-state index contributed by atoms with van der Waals surface area (Å²) in [6.07, 6.45) is 1.10. The second-order valence-electron chi connectivity index (χ2n) is 1.56.